The first-order valence-corrected chi connectivity index (χ1v) is 7.72. The van der Waals surface area contributed by atoms with Crippen LogP contribution in [0.15, 0.2) is 29.3 Å². The molecule has 8 nitrogen and oxygen atoms in total. The van der Waals surface area contributed by atoms with Crippen molar-refractivity contribution >= 4 is 35.6 Å². The van der Waals surface area contributed by atoms with E-state index in [1.807, 2.05) is 0 Å². The zero-order valence-electron chi connectivity index (χ0n) is 13.5. The van der Waals surface area contributed by atoms with Crippen LogP contribution in [0.25, 0.3) is 0 Å². The fraction of sp³-hybridized carbons (Fsp3) is 0.533. The summed E-state index contributed by atoms with van der Waals surface area (Å²) in [6.07, 6.45) is 0.979. The second kappa shape index (κ2) is 11.2. The van der Waals surface area contributed by atoms with Crippen LogP contribution in [-0.4, -0.2) is 55.2 Å². The summed E-state index contributed by atoms with van der Waals surface area (Å²) in [7, 11) is 0. The second-order valence-electron chi connectivity index (χ2n) is 5.36. The number of aliphatic imine (C=N–C) groups is 1. The van der Waals surface area contributed by atoms with Crippen molar-refractivity contribution in [2.24, 2.45) is 10.7 Å². The standard InChI is InChI=1S/C15H23N5O3.HI/c16-15(17-5-2-6-19-7-9-23-10-8-19)18-12-13-3-1-4-14(11-13)20(21)22;/h1,3-4,11H,2,5-10,12H2,(H3,16,17,18);1H. The summed E-state index contributed by atoms with van der Waals surface area (Å²) in [5.74, 6) is 0.360. The van der Waals surface area contributed by atoms with Crippen LogP contribution in [0.3, 0.4) is 0 Å². The van der Waals surface area contributed by atoms with Gasteiger partial charge < -0.3 is 15.8 Å². The van der Waals surface area contributed by atoms with Gasteiger partial charge in [0.2, 0.25) is 0 Å². The molecule has 1 heterocycles. The molecule has 1 aromatic carbocycles. The molecule has 9 heteroatoms. The Kier molecular flexibility index (Phi) is 9.57. The Morgan fingerprint density at radius 1 is 1.42 bits per heavy atom. The first-order chi connectivity index (χ1) is 11.1. The van der Waals surface area contributed by atoms with Gasteiger partial charge in [-0.15, -0.1) is 24.0 Å². The maximum Gasteiger partial charge on any atom is 0.269 e. The van der Waals surface area contributed by atoms with Crippen LogP contribution in [0.4, 0.5) is 5.69 Å². The molecule has 0 unspecified atom stereocenters. The number of nitrogens with one attached hydrogen (secondary N) is 1. The van der Waals surface area contributed by atoms with Crippen LogP contribution in [0.5, 0.6) is 0 Å². The molecule has 0 spiro atoms. The fourth-order valence-corrected chi connectivity index (χ4v) is 2.34. The Morgan fingerprint density at radius 2 is 2.17 bits per heavy atom. The van der Waals surface area contributed by atoms with E-state index in [-0.39, 0.29) is 29.7 Å². The van der Waals surface area contributed by atoms with Crippen LogP contribution in [0.2, 0.25) is 0 Å². The number of rotatable bonds is 7. The molecule has 0 saturated carbocycles. The largest absolute Gasteiger partial charge is 0.379 e. The lowest BCUT2D eigenvalue weighted by atomic mass is 10.2. The van der Waals surface area contributed by atoms with E-state index in [2.05, 4.69) is 15.2 Å². The summed E-state index contributed by atoms with van der Waals surface area (Å²) in [6, 6.07) is 6.41. The number of benzene rings is 1. The lowest BCUT2D eigenvalue weighted by Crippen LogP contribution is -2.39. The highest BCUT2D eigenvalue weighted by Gasteiger charge is 2.09. The molecule has 134 valence electrons. The number of halogens is 1. The van der Waals surface area contributed by atoms with Gasteiger partial charge in [-0.05, 0) is 18.5 Å². The molecule has 1 aliphatic heterocycles. The van der Waals surface area contributed by atoms with E-state index < -0.39 is 4.92 Å². The summed E-state index contributed by atoms with van der Waals surface area (Å²) >= 11 is 0. The molecular weight excluding hydrogens is 425 g/mol. The molecule has 2 rings (SSSR count). The van der Waals surface area contributed by atoms with Gasteiger partial charge >= 0.3 is 0 Å². The minimum Gasteiger partial charge on any atom is -0.379 e. The van der Waals surface area contributed by atoms with Crippen molar-refractivity contribution in [3.8, 4) is 0 Å². The summed E-state index contributed by atoms with van der Waals surface area (Å²) < 4.78 is 5.30. The smallest absolute Gasteiger partial charge is 0.269 e. The Labute approximate surface area is 158 Å². The topological polar surface area (TPSA) is 106 Å². The van der Waals surface area contributed by atoms with Gasteiger partial charge in [-0.2, -0.15) is 0 Å². The quantitative estimate of drug-likeness (QED) is 0.163. The number of nitrogens with zero attached hydrogens (tertiary/aromatic N) is 3. The third kappa shape index (κ3) is 7.41. The van der Waals surface area contributed by atoms with E-state index in [1.54, 1.807) is 12.1 Å². The van der Waals surface area contributed by atoms with Crippen molar-refractivity contribution in [2.75, 3.05) is 39.4 Å². The number of guanidine groups is 1. The zero-order valence-corrected chi connectivity index (χ0v) is 15.8. The number of nitrogens with two attached hydrogens (primary N) is 1. The predicted octanol–water partition coefficient (Wildman–Crippen LogP) is 1.34. The number of hydrogen-bond acceptors (Lipinski definition) is 5. The highest BCUT2D eigenvalue weighted by molar-refractivity contribution is 14.0. The van der Waals surface area contributed by atoms with E-state index in [0.717, 1.165) is 51.4 Å². The average Bonchev–Trinajstić information content (AvgIpc) is 2.58. The Hall–Kier alpha value is -1.46. The molecule has 0 aliphatic carbocycles. The van der Waals surface area contributed by atoms with Crippen molar-refractivity contribution in [1.82, 2.24) is 10.2 Å². The molecular formula is C15H24IN5O3. The molecule has 1 aromatic rings. The monoisotopic (exact) mass is 449 g/mol. The number of nitro groups is 1. The van der Waals surface area contributed by atoms with Gasteiger partial charge in [0.15, 0.2) is 5.96 Å². The second-order valence-corrected chi connectivity index (χ2v) is 5.36. The van der Waals surface area contributed by atoms with Crippen molar-refractivity contribution < 1.29 is 9.66 Å². The van der Waals surface area contributed by atoms with Gasteiger partial charge in [-0.1, -0.05) is 12.1 Å². The third-order valence-electron chi connectivity index (χ3n) is 3.61. The van der Waals surface area contributed by atoms with E-state index in [0.29, 0.717) is 12.5 Å². The molecule has 0 radical (unpaired) electrons. The lowest BCUT2D eigenvalue weighted by molar-refractivity contribution is -0.384. The molecule has 1 saturated heterocycles. The molecule has 3 N–H and O–H groups in total. The summed E-state index contributed by atoms with van der Waals surface area (Å²) in [6.45, 7) is 5.66. The number of non-ortho nitro benzene ring substituents is 1. The zero-order chi connectivity index (χ0) is 16.5. The maximum atomic E-state index is 10.7. The van der Waals surface area contributed by atoms with Crippen molar-refractivity contribution in [1.29, 1.82) is 0 Å². The summed E-state index contributed by atoms with van der Waals surface area (Å²) in [5, 5.41) is 13.8. The van der Waals surface area contributed by atoms with Crippen LogP contribution in [0.1, 0.15) is 12.0 Å². The summed E-state index contributed by atoms with van der Waals surface area (Å²) in [5.41, 5.74) is 6.64. The predicted molar refractivity (Wildman–Crippen MR) is 104 cm³/mol. The first kappa shape index (κ1) is 20.6. The maximum absolute atomic E-state index is 10.7. The molecule has 0 atom stereocenters. The molecule has 0 bridgehead atoms. The third-order valence-corrected chi connectivity index (χ3v) is 3.61. The highest BCUT2D eigenvalue weighted by Crippen LogP contribution is 2.13. The SMILES string of the molecule is I.NC(=NCc1cccc([N+](=O)[O-])c1)NCCCN1CCOCC1. The van der Waals surface area contributed by atoms with Gasteiger partial charge in [0, 0.05) is 31.8 Å². The van der Waals surface area contributed by atoms with Gasteiger partial charge in [0.25, 0.3) is 5.69 Å². The Morgan fingerprint density at radius 3 is 2.88 bits per heavy atom. The van der Waals surface area contributed by atoms with Crippen LogP contribution in [0, 0.1) is 10.1 Å². The van der Waals surface area contributed by atoms with Gasteiger partial charge in [-0.25, -0.2) is 4.99 Å². The van der Waals surface area contributed by atoms with Crippen molar-refractivity contribution in [3.63, 3.8) is 0 Å². The summed E-state index contributed by atoms with van der Waals surface area (Å²) in [4.78, 5) is 16.9. The lowest BCUT2D eigenvalue weighted by Gasteiger charge is -2.26. The van der Waals surface area contributed by atoms with Crippen LogP contribution < -0.4 is 11.1 Å². The Balaban J connectivity index is 0.00000288. The van der Waals surface area contributed by atoms with E-state index >= 15 is 0 Å². The average molecular weight is 449 g/mol. The minimum atomic E-state index is -0.416. The van der Waals surface area contributed by atoms with E-state index in [1.165, 1.54) is 12.1 Å². The van der Waals surface area contributed by atoms with E-state index in [9.17, 15) is 10.1 Å². The molecule has 24 heavy (non-hydrogen) atoms. The molecule has 1 fully saturated rings. The van der Waals surface area contributed by atoms with Gasteiger partial charge in [0.05, 0.1) is 24.7 Å². The van der Waals surface area contributed by atoms with Crippen molar-refractivity contribution in [2.45, 2.75) is 13.0 Å². The molecule has 1 aliphatic rings. The Bertz CT molecular complexity index is 550. The molecule has 0 amide bonds. The molecule has 0 aromatic heterocycles. The van der Waals surface area contributed by atoms with Crippen LogP contribution >= 0.6 is 24.0 Å². The van der Waals surface area contributed by atoms with Crippen LogP contribution in [-0.2, 0) is 11.3 Å². The number of nitro benzene ring substituents is 1. The number of hydrogen-bond donors (Lipinski definition) is 2. The van der Waals surface area contributed by atoms with Gasteiger partial charge in [0.1, 0.15) is 0 Å². The van der Waals surface area contributed by atoms with Crippen molar-refractivity contribution in [3.05, 3.63) is 39.9 Å². The normalized spacial score (nSPS) is 15.6. The number of morpholine rings is 1. The number of ether oxygens (including phenoxy) is 1. The highest BCUT2D eigenvalue weighted by atomic mass is 127. The fourth-order valence-electron chi connectivity index (χ4n) is 2.34. The minimum absolute atomic E-state index is 0. The first-order valence-electron chi connectivity index (χ1n) is 7.72. The van der Waals surface area contributed by atoms with E-state index in [4.69, 9.17) is 10.5 Å². The van der Waals surface area contributed by atoms with Gasteiger partial charge in [-0.3, -0.25) is 15.0 Å².